The number of ether oxygens (including phenoxy) is 1. The van der Waals surface area contributed by atoms with Gasteiger partial charge in [0, 0.05) is 19.8 Å². The van der Waals surface area contributed by atoms with Crippen molar-refractivity contribution in [1.29, 1.82) is 0 Å². The van der Waals surface area contributed by atoms with Crippen LogP contribution in [0.3, 0.4) is 0 Å². The summed E-state index contributed by atoms with van der Waals surface area (Å²) in [5.41, 5.74) is 2.08. The normalized spacial score (nSPS) is 17.9. The highest BCUT2D eigenvalue weighted by Crippen LogP contribution is 2.33. The summed E-state index contributed by atoms with van der Waals surface area (Å²) in [5.74, 6) is 5.79. The van der Waals surface area contributed by atoms with Crippen LogP contribution in [0.2, 0.25) is 0 Å². The molecule has 0 aliphatic heterocycles. The van der Waals surface area contributed by atoms with Crippen LogP contribution >= 0.6 is 0 Å². The molecular formula is C28H28O3S. The first-order chi connectivity index (χ1) is 15.3. The van der Waals surface area contributed by atoms with Gasteiger partial charge >= 0.3 is 0 Å². The molecule has 0 radical (unpaired) electrons. The van der Waals surface area contributed by atoms with Gasteiger partial charge in [-0.2, -0.15) is 0 Å². The number of aromatic hydroxyl groups is 1. The predicted molar refractivity (Wildman–Crippen MR) is 133 cm³/mol. The van der Waals surface area contributed by atoms with Crippen molar-refractivity contribution in [3.8, 4) is 11.5 Å². The minimum Gasteiger partial charge on any atom is -0.508 e. The monoisotopic (exact) mass is 444 g/mol. The van der Waals surface area contributed by atoms with Crippen molar-refractivity contribution in [2.45, 2.75) is 35.8 Å². The van der Waals surface area contributed by atoms with E-state index in [0.29, 0.717) is 6.42 Å². The number of phenolic OH excluding ortho intramolecular Hbond substituents is 1. The SMILES string of the molecule is C=S(=O)(c1ccccc1)C1C=CC(Oc2ccc(C(C)(C)c3ccc(O)cc3)cc2)=CC1. The van der Waals surface area contributed by atoms with Gasteiger partial charge in [-0.1, -0.05) is 62.4 Å². The number of benzene rings is 3. The Morgan fingerprint density at radius 1 is 0.938 bits per heavy atom. The molecule has 4 rings (SSSR count). The summed E-state index contributed by atoms with van der Waals surface area (Å²) < 4.78 is 19.3. The van der Waals surface area contributed by atoms with Crippen molar-refractivity contribution in [3.63, 3.8) is 0 Å². The Balaban J connectivity index is 1.44. The first kappa shape index (κ1) is 22.0. The summed E-state index contributed by atoms with van der Waals surface area (Å²) in [5, 5.41) is 9.41. The molecule has 0 heterocycles. The lowest BCUT2D eigenvalue weighted by Crippen LogP contribution is -2.20. The highest BCUT2D eigenvalue weighted by atomic mass is 32.2. The lowest BCUT2D eigenvalue weighted by Gasteiger charge is -2.26. The zero-order valence-corrected chi connectivity index (χ0v) is 19.2. The Morgan fingerprint density at radius 2 is 1.53 bits per heavy atom. The fourth-order valence-electron chi connectivity index (χ4n) is 3.89. The van der Waals surface area contributed by atoms with Gasteiger partial charge in [-0.05, 0) is 72.0 Å². The Kier molecular flexibility index (Phi) is 5.98. The third-order valence-corrected chi connectivity index (χ3v) is 8.46. The minimum absolute atomic E-state index is 0.147. The zero-order chi connectivity index (χ0) is 22.8. The van der Waals surface area contributed by atoms with Crippen molar-refractivity contribution < 1.29 is 14.1 Å². The Morgan fingerprint density at radius 3 is 2.09 bits per heavy atom. The molecule has 3 aromatic rings. The lowest BCUT2D eigenvalue weighted by atomic mass is 9.78. The Bertz CT molecular complexity index is 1230. The van der Waals surface area contributed by atoms with Crippen LogP contribution in [0, 0.1) is 0 Å². The maximum absolute atomic E-state index is 13.2. The van der Waals surface area contributed by atoms with Crippen LogP contribution in [0.4, 0.5) is 0 Å². The average Bonchev–Trinajstić information content (AvgIpc) is 2.81. The molecule has 32 heavy (non-hydrogen) atoms. The van der Waals surface area contributed by atoms with E-state index in [0.717, 1.165) is 27.5 Å². The summed E-state index contributed by atoms with van der Waals surface area (Å²) in [6.07, 6.45) is 6.43. The van der Waals surface area contributed by atoms with E-state index >= 15 is 0 Å². The van der Waals surface area contributed by atoms with E-state index in [1.807, 2.05) is 72.8 Å². The molecule has 1 aliphatic carbocycles. The van der Waals surface area contributed by atoms with Crippen molar-refractivity contribution in [2.24, 2.45) is 0 Å². The van der Waals surface area contributed by atoms with E-state index in [1.54, 1.807) is 12.1 Å². The standard InChI is InChI=1S/C28H28O3S/c1-28(2,21-9-13-23(29)14-10-21)22-11-15-24(16-12-22)31-25-17-19-27(20-18-25)32(3,30)26-7-5-4-6-8-26/h4-19,27,29H,3,20H2,1-2H3. The van der Waals surface area contributed by atoms with Crippen molar-refractivity contribution in [2.75, 3.05) is 0 Å². The van der Waals surface area contributed by atoms with E-state index in [-0.39, 0.29) is 16.4 Å². The largest absolute Gasteiger partial charge is 0.508 e. The summed E-state index contributed by atoms with van der Waals surface area (Å²) in [4.78, 5) is 0.777. The van der Waals surface area contributed by atoms with Crippen LogP contribution in [0.25, 0.3) is 0 Å². The first-order valence-electron chi connectivity index (χ1n) is 10.6. The molecule has 3 aromatic carbocycles. The van der Waals surface area contributed by atoms with Gasteiger partial charge in [-0.25, -0.2) is 0 Å². The molecule has 0 aromatic heterocycles. The highest BCUT2D eigenvalue weighted by molar-refractivity contribution is 8.01. The average molecular weight is 445 g/mol. The molecule has 3 nitrogen and oxygen atoms in total. The molecule has 2 unspecified atom stereocenters. The van der Waals surface area contributed by atoms with Crippen LogP contribution in [0.15, 0.2) is 108 Å². The molecule has 0 bridgehead atoms. The van der Waals surface area contributed by atoms with E-state index in [9.17, 15) is 9.32 Å². The molecule has 1 aliphatic rings. The van der Waals surface area contributed by atoms with E-state index < -0.39 is 9.52 Å². The quantitative estimate of drug-likeness (QED) is 0.468. The number of hydrogen-bond acceptors (Lipinski definition) is 3. The van der Waals surface area contributed by atoms with Crippen molar-refractivity contribution >= 4 is 15.4 Å². The number of rotatable bonds is 6. The molecule has 1 N–H and O–H groups in total. The molecule has 0 amide bonds. The molecule has 0 saturated heterocycles. The van der Waals surface area contributed by atoms with Gasteiger partial charge in [0.1, 0.15) is 17.3 Å². The van der Waals surface area contributed by atoms with Gasteiger partial charge in [-0.3, -0.25) is 4.21 Å². The summed E-state index contributed by atoms with van der Waals surface area (Å²) >= 11 is 0. The Hall–Kier alpha value is -3.24. The van der Waals surface area contributed by atoms with E-state index in [1.165, 1.54) is 0 Å². The molecule has 2 atom stereocenters. The third-order valence-electron chi connectivity index (χ3n) is 6.06. The molecule has 4 heteroatoms. The summed E-state index contributed by atoms with van der Waals surface area (Å²) in [6, 6.07) is 24.8. The number of hydrogen-bond donors (Lipinski definition) is 1. The fraction of sp³-hybridized carbons (Fsp3) is 0.179. The third kappa shape index (κ3) is 4.51. The molecular weight excluding hydrogens is 416 g/mol. The van der Waals surface area contributed by atoms with Gasteiger partial charge in [0.2, 0.25) is 0 Å². The summed E-state index contributed by atoms with van der Waals surface area (Å²) in [7, 11) is -2.41. The van der Waals surface area contributed by atoms with Crippen molar-refractivity contribution in [3.05, 3.63) is 114 Å². The van der Waals surface area contributed by atoms with Crippen LogP contribution < -0.4 is 4.74 Å². The first-order valence-corrected chi connectivity index (χ1v) is 12.4. The second kappa shape index (κ2) is 8.71. The maximum atomic E-state index is 13.2. The van der Waals surface area contributed by atoms with Gasteiger partial charge < -0.3 is 9.84 Å². The number of allylic oxidation sites excluding steroid dienone is 2. The van der Waals surface area contributed by atoms with Crippen LogP contribution in [0.1, 0.15) is 31.4 Å². The van der Waals surface area contributed by atoms with Crippen molar-refractivity contribution in [1.82, 2.24) is 0 Å². The smallest absolute Gasteiger partial charge is 0.127 e. The molecule has 0 spiro atoms. The van der Waals surface area contributed by atoms with Crippen LogP contribution in [-0.4, -0.2) is 20.4 Å². The second-order valence-electron chi connectivity index (χ2n) is 8.58. The van der Waals surface area contributed by atoms with Gasteiger partial charge in [0.25, 0.3) is 0 Å². The molecule has 164 valence electrons. The fourth-order valence-corrected chi connectivity index (χ4v) is 5.59. The highest BCUT2D eigenvalue weighted by Gasteiger charge is 2.24. The van der Waals surface area contributed by atoms with Gasteiger partial charge in [0.05, 0.1) is 5.25 Å². The minimum atomic E-state index is -2.41. The van der Waals surface area contributed by atoms with E-state index in [4.69, 9.17) is 4.74 Å². The summed E-state index contributed by atoms with van der Waals surface area (Å²) in [6.45, 7) is 4.32. The van der Waals surface area contributed by atoms with Gasteiger partial charge in [-0.15, -0.1) is 0 Å². The number of phenols is 1. The Labute approximate surface area is 190 Å². The van der Waals surface area contributed by atoms with E-state index in [2.05, 4.69) is 31.9 Å². The van der Waals surface area contributed by atoms with Gasteiger partial charge in [0.15, 0.2) is 0 Å². The zero-order valence-electron chi connectivity index (χ0n) is 18.4. The topological polar surface area (TPSA) is 46.5 Å². The molecule has 0 saturated carbocycles. The maximum Gasteiger partial charge on any atom is 0.127 e. The molecule has 0 fully saturated rings. The van der Waals surface area contributed by atoms with Crippen LogP contribution in [0.5, 0.6) is 11.5 Å². The van der Waals surface area contributed by atoms with Crippen LogP contribution in [-0.2, 0) is 14.9 Å². The lowest BCUT2D eigenvalue weighted by molar-refractivity contribution is 0.438. The predicted octanol–water partition coefficient (Wildman–Crippen LogP) is 6.08. The second-order valence-corrected chi connectivity index (χ2v) is 11.1.